The molecule has 0 aliphatic carbocycles. The van der Waals surface area contributed by atoms with E-state index >= 15 is 0 Å². The van der Waals surface area contributed by atoms with Gasteiger partial charge in [0, 0.05) is 6.20 Å². The third-order valence-corrected chi connectivity index (χ3v) is 4.42. The Balaban J connectivity index is 2.07. The van der Waals surface area contributed by atoms with Gasteiger partial charge in [-0.2, -0.15) is 0 Å². The van der Waals surface area contributed by atoms with Crippen molar-refractivity contribution in [2.24, 2.45) is 5.73 Å². The minimum Gasteiger partial charge on any atom is -0.443 e. The Hall–Kier alpha value is -4.21. The monoisotopic (exact) mass is 479 g/mol. The van der Waals surface area contributed by atoms with Crippen molar-refractivity contribution in [2.75, 3.05) is 4.90 Å². The quantitative estimate of drug-likeness (QED) is 0.541. The lowest BCUT2D eigenvalue weighted by molar-refractivity contribution is 0.0427. The lowest BCUT2D eigenvalue weighted by Gasteiger charge is -2.27. The van der Waals surface area contributed by atoms with Crippen LogP contribution in [0.5, 0.6) is 0 Å². The van der Waals surface area contributed by atoms with Gasteiger partial charge in [0.2, 0.25) is 5.95 Å². The summed E-state index contributed by atoms with van der Waals surface area (Å²) in [5.74, 6) is -0.868. The number of amides is 3. The van der Waals surface area contributed by atoms with Crippen LogP contribution in [0.15, 0.2) is 48.7 Å². The smallest absolute Gasteiger partial charge is 0.427 e. The number of benzene rings is 1. The van der Waals surface area contributed by atoms with Crippen LogP contribution in [0.1, 0.15) is 51.9 Å². The van der Waals surface area contributed by atoms with E-state index in [1.807, 2.05) is 30.3 Å². The molecule has 0 saturated carbocycles. The minimum atomic E-state index is -0.988. The number of aromatic nitrogens is 3. The summed E-state index contributed by atoms with van der Waals surface area (Å²) in [6.45, 7) is 10.0. The number of primary amides is 1. The Bertz CT molecular complexity index is 1210. The van der Waals surface area contributed by atoms with Gasteiger partial charge in [-0.3, -0.25) is 4.79 Å². The maximum Gasteiger partial charge on any atom is 0.427 e. The molecule has 0 bridgehead atoms. The van der Waals surface area contributed by atoms with Gasteiger partial charge in [0.1, 0.15) is 11.2 Å². The zero-order valence-electron chi connectivity index (χ0n) is 20.6. The highest BCUT2D eigenvalue weighted by atomic mass is 16.6. The third kappa shape index (κ3) is 6.44. The maximum absolute atomic E-state index is 12.9. The number of carbonyl (C=O) groups is 3. The van der Waals surface area contributed by atoms with E-state index < -0.39 is 29.3 Å². The van der Waals surface area contributed by atoms with Crippen molar-refractivity contribution in [3.8, 4) is 22.6 Å². The van der Waals surface area contributed by atoms with Crippen LogP contribution in [0.2, 0.25) is 0 Å². The number of nitrogens with two attached hydrogens (primary N) is 1. The number of hydrogen-bond donors (Lipinski definition) is 2. The summed E-state index contributed by atoms with van der Waals surface area (Å²) in [6.07, 6.45) is -0.594. The number of carbonyl (C=O) groups excluding carboxylic acids is 3. The van der Waals surface area contributed by atoms with Crippen molar-refractivity contribution in [1.82, 2.24) is 15.0 Å². The number of nitrogens with zero attached hydrogens (tertiary/aromatic N) is 3. The van der Waals surface area contributed by atoms with Gasteiger partial charge >= 0.3 is 12.2 Å². The number of imide groups is 1. The molecule has 2 aromatic heterocycles. The Morgan fingerprint density at radius 3 is 2.00 bits per heavy atom. The van der Waals surface area contributed by atoms with Gasteiger partial charge in [-0.15, -0.1) is 4.90 Å². The van der Waals surface area contributed by atoms with Gasteiger partial charge in [-0.05, 0) is 59.2 Å². The van der Waals surface area contributed by atoms with Gasteiger partial charge in [0.05, 0.1) is 22.6 Å². The highest BCUT2D eigenvalue weighted by Crippen LogP contribution is 2.29. The van der Waals surface area contributed by atoms with Crippen molar-refractivity contribution < 1.29 is 23.9 Å². The second-order valence-corrected chi connectivity index (χ2v) is 9.74. The van der Waals surface area contributed by atoms with E-state index in [1.165, 1.54) is 6.20 Å². The van der Waals surface area contributed by atoms with Crippen LogP contribution in [0.3, 0.4) is 0 Å². The molecule has 10 heteroatoms. The van der Waals surface area contributed by atoms with E-state index in [2.05, 4.69) is 15.0 Å². The van der Waals surface area contributed by atoms with Crippen molar-refractivity contribution >= 4 is 24.0 Å². The fourth-order valence-corrected chi connectivity index (χ4v) is 3.08. The number of H-pyrrole nitrogens is 1. The molecule has 3 rings (SSSR count). The molecule has 0 aliphatic heterocycles. The molecule has 0 unspecified atom stereocenters. The zero-order valence-corrected chi connectivity index (χ0v) is 20.6. The van der Waals surface area contributed by atoms with E-state index in [0.29, 0.717) is 22.0 Å². The molecule has 35 heavy (non-hydrogen) atoms. The normalized spacial score (nSPS) is 11.6. The van der Waals surface area contributed by atoms with Gasteiger partial charge in [-0.1, -0.05) is 30.3 Å². The maximum atomic E-state index is 12.9. The molecular weight excluding hydrogens is 450 g/mol. The highest BCUT2D eigenvalue weighted by Gasteiger charge is 2.34. The average Bonchev–Trinajstić information content (AvgIpc) is 3.18. The zero-order chi connectivity index (χ0) is 26.0. The molecular formula is C25H29N5O5. The molecule has 3 aromatic rings. The first kappa shape index (κ1) is 25.4. The van der Waals surface area contributed by atoms with E-state index in [0.717, 1.165) is 5.56 Å². The standard InChI is InChI=1S/C25H29N5O5/c1-24(2,3)34-22(32)30(23(33)35-25(4,5)6)21-27-13-12-17(29-21)18-14-16(20(26)31)19(28-18)15-10-8-7-9-11-15/h7-14,28H,1-6H3,(H2,26,31). The Labute approximate surface area is 203 Å². The number of ether oxygens (including phenoxy) is 2. The van der Waals surface area contributed by atoms with Crippen molar-refractivity contribution in [3.63, 3.8) is 0 Å². The molecule has 0 spiro atoms. The number of hydrogen-bond acceptors (Lipinski definition) is 7. The SMILES string of the molecule is CC(C)(C)OC(=O)N(C(=O)OC(C)(C)C)c1nccc(-c2cc(C(N)=O)c(-c3ccccc3)[nH]2)n1. The summed E-state index contributed by atoms with van der Waals surface area (Å²) in [6, 6.07) is 12.3. The van der Waals surface area contributed by atoms with E-state index in [1.54, 1.807) is 53.7 Å². The molecule has 3 amide bonds. The van der Waals surface area contributed by atoms with Gasteiger partial charge in [0.15, 0.2) is 0 Å². The summed E-state index contributed by atoms with van der Waals surface area (Å²) in [4.78, 5) is 50.2. The molecule has 10 nitrogen and oxygen atoms in total. The van der Waals surface area contributed by atoms with Gasteiger partial charge in [0.25, 0.3) is 5.91 Å². The van der Waals surface area contributed by atoms with Gasteiger partial charge < -0.3 is 20.2 Å². The van der Waals surface area contributed by atoms with Crippen LogP contribution >= 0.6 is 0 Å². The fourth-order valence-electron chi connectivity index (χ4n) is 3.08. The van der Waals surface area contributed by atoms with Crippen LogP contribution < -0.4 is 10.6 Å². The first-order chi connectivity index (χ1) is 16.2. The predicted octanol–water partition coefficient (Wildman–Crippen LogP) is 4.91. The predicted molar refractivity (Wildman–Crippen MR) is 131 cm³/mol. The molecule has 3 N–H and O–H groups in total. The second-order valence-electron chi connectivity index (χ2n) is 9.74. The van der Waals surface area contributed by atoms with Crippen LogP contribution in [-0.4, -0.2) is 44.2 Å². The number of aromatic amines is 1. The van der Waals surface area contributed by atoms with Crippen LogP contribution in [0.4, 0.5) is 15.5 Å². The number of nitrogens with one attached hydrogen (secondary N) is 1. The van der Waals surface area contributed by atoms with Crippen LogP contribution in [0, 0.1) is 0 Å². The summed E-state index contributed by atoms with van der Waals surface area (Å²) in [5.41, 5.74) is 6.13. The van der Waals surface area contributed by atoms with Gasteiger partial charge in [-0.25, -0.2) is 19.6 Å². The summed E-state index contributed by atoms with van der Waals surface area (Å²) in [7, 11) is 0. The Morgan fingerprint density at radius 2 is 1.49 bits per heavy atom. The molecule has 0 saturated heterocycles. The molecule has 2 heterocycles. The largest absolute Gasteiger partial charge is 0.443 e. The van der Waals surface area contributed by atoms with Crippen LogP contribution in [0.25, 0.3) is 22.6 Å². The molecule has 0 radical (unpaired) electrons. The molecule has 0 atom stereocenters. The highest BCUT2D eigenvalue weighted by molar-refractivity contribution is 6.08. The first-order valence-electron chi connectivity index (χ1n) is 10.9. The number of anilines is 1. The second kappa shape index (κ2) is 9.57. The lowest BCUT2D eigenvalue weighted by Crippen LogP contribution is -2.44. The van der Waals surface area contributed by atoms with Crippen molar-refractivity contribution in [3.05, 3.63) is 54.2 Å². The molecule has 1 aromatic carbocycles. The van der Waals surface area contributed by atoms with E-state index in [-0.39, 0.29) is 11.5 Å². The molecule has 0 aliphatic rings. The Morgan fingerprint density at radius 1 is 0.914 bits per heavy atom. The number of rotatable bonds is 4. The Kier molecular flexibility index (Phi) is 6.95. The van der Waals surface area contributed by atoms with Crippen molar-refractivity contribution in [2.45, 2.75) is 52.7 Å². The van der Waals surface area contributed by atoms with Crippen molar-refractivity contribution in [1.29, 1.82) is 0 Å². The van der Waals surface area contributed by atoms with E-state index in [9.17, 15) is 14.4 Å². The fraction of sp³-hybridized carbons (Fsp3) is 0.320. The minimum absolute atomic E-state index is 0.248. The molecule has 184 valence electrons. The summed E-state index contributed by atoms with van der Waals surface area (Å²) < 4.78 is 10.8. The lowest BCUT2D eigenvalue weighted by atomic mass is 10.1. The topological polar surface area (TPSA) is 140 Å². The third-order valence-electron chi connectivity index (χ3n) is 4.42. The summed E-state index contributed by atoms with van der Waals surface area (Å²) >= 11 is 0. The average molecular weight is 480 g/mol. The molecule has 0 fully saturated rings. The first-order valence-corrected chi connectivity index (χ1v) is 10.9. The summed E-state index contributed by atoms with van der Waals surface area (Å²) in [5, 5.41) is 0. The van der Waals surface area contributed by atoms with Crippen LogP contribution in [-0.2, 0) is 9.47 Å². The van der Waals surface area contributed by atoms with E-state index in [4.69, 9.17) is 15.2 Å².